The average Bonchev–Trinajstić information content (AvgIpc) is 2.47. The van der Waals surface area contributed by atoms with Gasteiger partial charge in [0.2, 0.25) is 0 Å². The van der Waals surface area contributed by atoms with E-state index in [1.54, 1.807) is 19.1 Å². The van der Waals surface area contributed by atoms with Gasteiger partial charge in [-0.05, 0) is 32.4 Å². The van der Waals surface area contributed by atoms with Gasteiger partial charge >= 0.3 is 0 Å². The van der Waals surface area contributed by atoms with Gasteiger partial charge in [-0.25, -0.2) is 9.97 Å². The molecule has 0 saturated heterocycles. The summed E-state index contributed by atoms with van der Waals surface area (Å²) in [6.45, 7) is 9.82. The summed E-state index contributed by atoms with van der Waals surface area (Å²) >= 11 is 0. The summed E-state index contributed by atoms with van der Waals surface area (Å²) in [5.74, 6) is 0.899. The number of nitrogens with one attached hydrogen (secondary N) is 2. The van der Waals surface area contributed by atoms with Crippen LogP contribution in [0.25, 0.3) is 0 Å². The van der Waals surface area contributed by atoms with Crippen LogP contribution < -0.4 is 10.6 Å². The molecule has 1 amide bonds. The Labute approximate surface area is 130 Å². The lowest BCUT2D eigenvalue weighted by molar-refractivity contribution is 0.0952. The summed E-state index contributed by atoms with van der Waals surface area (Å²) in [5.41, 5.74) is 3.61. The molecule has 22 heavy (non-hydrogen) atoms. The largest absolute Gasteiger partial charge is 0.347 e. The van der Waals surface area contributed by atoms with E-state index in [1.807, 2.05) is 26.0 Å². The topological polar surface area (TPSA) is 66.9 Å². The van der Waals surface area contributed by atoms with Crippen LogP contribution in [-0.2, 0) is 0 Å². The molecule has 0 radical (unpaired) electrons. The summed E-state index contributed by atoms with van der Waals surface area (Å²) in [6.07, 6.45) is 1.63. The van der Waals surface area contributed by atoms with Crippen molar-refractivity contribution in [2.45, 2.75) is 20.8 Å². The highest BCUT2D eigenvalue weighted by atomic mass is 16.1. The molecule has 2 aromatic rings. The second-order valence-electron chi connectivity index (χ2n) is 5.13. The third-order valence-electron chi connectivity index (χ3n) is 3.12. The van der Waals surface area contributed by atoms with Crippen molar-refractivity contribution in [2.24, 2.45) is 0 Å². The summed E-state index contributed by atoms with van der Waals surface area (Å²) in [4.78, 5) is 20.5. The third kappa shape index (κ3) is 3.91. The Balaban J connectivity index is 2.26. The summed E-state index contributed by atoms with van der Waals surface area (Å²) in [6, 6.07) is 7.76. The number of carbonyl (C=O) groups excluding carboxylic acids is 1. The molecule has 0 spiro atoms. The average molecular weight is 296 g/mol. The Hall–Kier alpha value is -2.69. The van der Waals surface area contributed by atoms with E-state index in [0.29, 0.717) is 23.9 Å². The van der Waals surface area contributed by atoms with Crippen LogP contribution >= 0.6 is 0 Å². The Bertz CT molecular complexity index is 710. The highest BCUT2D eigenvalue weighted by Gasteiger charge is 2.10. The molecule has 5 heteroatoms. The standard InChI is InChI=1S/C17H20N4O/c1-5-8-18-17(22)15-10-16(20-13(4)19-15)21-14-7-6-11(2)9-12(14)3/h5-7,9-10H,1,8H2,2-4H3,(H,18,22)(H,19,20,21). The molecule has 0 unspecified atom stereocenters. The van der Waals surface area contributed by atoms with Crippen LogP contribution in [0.15, 0.2) is 36.9 Å². The van der Waals surface area contributed by atoms with E-state index in [9.17, 15) is 4.79 Å². The van der Waals surface area contributed by atoms with Gasteiger partial charge in [0.1, 0.15) is 17.3 Å². The third-order valence-corrected chi connectivity index (χ3v) is 3.12. The molecule has 0 aliphatic carbocycles. The highest BCUT2D eigenvalue weighted by Crippen LogP contribution is 2.20. The molecular weight excluding hydrogens is 276 g/mol. The quantitative estimate of drug-likeness (QED) is 0.832. The first-order chi connectivity index (χ1) is 10.5. The fourth-order valence-corrected chi connectivity index (χ4v) is 2.10. The molecule has 0 fully saturated rings. The van der Waals surface area contributed by atoms with Crippen molar-refractivity contribution in [2.75, 3.05) is 11.9 Å². The fraction of sp³-hybridized carbons (Fsp3) is 0.235. The molecule has 0 aliphatic rings. The van der Waals surface area contributed by atoms with Gasteiger partial charge in [-0.2, -0.15) is 0 Å². The molecule has 0 saturated carbocycles. The zero-order valence-corrected chi connectivity index (χ0v) is 13.1. The van der Waals surface area contributed by atoms with Crippen molar-refractivity contribution >= 4 is 17.4 Å². The molecule has 0 aliphatic heterocycles. The van der Waals surface area contributed by atoms with Gasteiger partial charge in [0.15, 0.2) is 0 Å². The van der Waals surface area contributed by atoms with Crippen molar-refractivity contribution in [1.82, 2.24) is 15.3 Å². The lowest BCUT2D eigenvalue weighted by Crippen LogP contribution is -2.24. The van der Waals surface area contributed by atoms with Gasteiger partial charge in [0, 0.05) is 18.3 Å². The van der Waals surface area contributed by atoms with Gasteiger partial charge < -0.3 is 10.6 Å². The Morgan fingerprint density at radius 1 is 1.23 bits per heavy atom. The lowest BCUT2D eigenvalue weighted by atomic mass is 10.1. The van der Waals surface area contributed by atoms with E-state index in [1.165, 1.54) is 5.56 Å². The van der Waals surface area contributed by atoms with Crippen molar-refractivity contribution in [3.8, 4) is 0 Å². The number of hydrogen-bond acceptors (Lipinski definition) is 4. The van der Waals surface area contributed by atoms with Crippen LogP contribution in [0, 0.1) is 20.8 Å². The summed E-state index contributed by atoms with van der Waals surface area (Å²) in [7, 11) is 0. The number of nitrogens with zero attached hydrogens (tertiary/aromatic N) is 2. The predicted molar refractivity (Wildman–Crippen MR) is 88.5 cm³/mol. The first-order valence-corrected chi connectivity index (χ1v) is 7.08. The van der Waals surface area contributed by atoms with Gasteiger partial charge in [0.25, 0.3) is 5.91 Å². The van der Waals surface area contributed by atoms with Crippen LogP contribution in [0.3, 0.4) is 0 Å². The number of anilines is 2. The number of benzene rings is 1. The molecule has 0 bridgehead atoms. The molecule has 1 aromatic heterocycles. The molecule has 5 nitrogen and oxygen atoms in total. The van der Waals surface area contributed by atoms with Crippen LogP contribution in [0.4, 0.5) is 11.5 Å². The normalized spacial score (nSPS) is 10.1. The summed E-state index contributed by atoms with van der Waals surface area (Å²) in [5, 5.41) is 5.95. The minimum atomic E-state index is -0.242. The molecule has 0 atom stereocenters. The maximum Gasteiger partial charge on any atom is 0.270 e. The molecule has 2 N–H and O–H groups in total. The van der Waals surface area contributed by atoms with Gasteiger partial charge in [-0.1, -0.05) is 23.8 Å². The van der Waals surface area contributed by atoms with Crippen LogP contribution in [0.5, 0.6) is 0 Å². The highest BCUT2D eigenvalue weighted by molar-refractivity contribution is 5.93. The predicted octanol–water partition coefficient (Wildman–Crippen LogP) is 3.06. The van der Waals surface area contributed by atoms with Crippen LogP contribution in [0.2, 0.25) is 0 Å². The molecular formula is C17H20N4O. The smallest absolute Gasteiger partial charge is 0.270 e. The van der Waals surface area contributed by atoms with E-state index in [-0.39, 0.29) is 5.91 Å². The maximum atomic E-state index is 12.0. The minimum Gasteiger partial charge on any atom is -0.347 e. The molecule has 114 valence electrons. The number of aromatic nitrogens is 2. The number of hydrogen-bond donors (Lipinski definition) is 2. The van der Waals surface area contributed by atoms with Crippen molar-refractivity contribution in [1.29, 1.82) is 0 Å². The van der Waals surface area contributed by atoms with Crippen LogP contribution in [0.1, 0.15) is 27.4 Å². The molecule has 2 rings (SSSR count). The fourth-order valence-electron chi connectivity index (χ4n) is 2.10. The van der Waals surface area contributed by atoms with Crippen LogP contribution in [-0.4, -0.2) is 22.4 Å². The van der Waals surface area contributed by atoms with Gasteiger partial charge in [-0.15, -0.1) is 6.58 Å². The zero-order chi connectivity index (χ0) is 16.1. The summed E-state index contributed by atoms with van der Waals surface area (Å²) < 4.78 is 0. The second-order valence-corrected chi connectivity index (χ2v) is 5.13. The van der Waals surface area contributed by atoms with E-state index in [0.717, 1.165) is 11.3 Å². The van der Waals surface area contributed by atoms with Crippen molar-refractivity contribution in [3.05, 3.63) is 59.6 Å². The Morgan fingerprint density at radius 3 is 2.68 bits per heavy atom. The zero-order valence-electron chi connectivity index (χ0n) is 13.1. The van der Waals surface area contributed by atoms with Gasteiger partial charge in [-0.3, -0.25) is 4.79 Å². The molecule has 1 heterocycles. The Morgan fingerprint density at radius 2 is 2.00 bits per heavy atom. The van der Waals surface area contributed by atoms with E-state index >= 15 is 0 Å². The molecule has 1 aromatic carbocycles. The monoisotopic (exact) mass is 296 g/mol. The first kappa shape index (κ1) is 15.7. The SMILES string of the molecule is C=CCNC(=O)c1cc(Nc2ccc(C)cc2C)nc(C)n1. The number of amides is 1. The van der Waals surface area contributed by atoms with E-state index < -0.39 is 0 Å². The van der Waals surface area contributed by atoms with E-state index in [4.69, 9.17) is 0 Å². The van der Waals surface area contributed by atoms with E-state index in [2.05, 4.69) is 33.2 Å². The lowest BCUT2D eigenvalue weighted by Gasteiger charge is -2.11. The number of carbonyl (C=O) groups is 1. The van der Waals surface area contributed by atoms with Crippen molar-refractivity contribution < 1.29 is 4.79 Å². The second kappa shape index (κ2) is 6.85. The van der Waals surface area contributed by atoms with Crippen molar-refractivity contribution in [3.63, 3.8) is 0 Å². The Kier molecular flexibility index (Phi) is 4.88. The minimum absolute atomic E-state index is 0.242. The first-order valence-electron chi connectivity index (χ1n) is 7.08. The maximum absolute atomic E-state index is 12.0. The number of rotatable bonds is 5. The number of aryl methyl sites for hydroxylation is 3. The van der Waals surface area contributed by atoms with Gasteiger partial charge in [0.05, 0.1) is 0 Å².